The molecule has 1 heterocycles. The number of thiazole rings is 1. The summed E-state index contributed by atoms with van der Waals surface area (Å²) in [5.41, 5.74) is 3.08. The van der Waals surface area contributed by atoms with Gasteiger partial charge in [-0.3, -0.25) is 4.79 Å². The van der Waals surface area contributed by atoms with Gasteiger partial charge in [0, 0.05) is 22.9 Å². The minimum atomic E-state index is -0.443. The number of hydrogen-bond acceptors (Lipinski definition) is 5. The van der Waals surface area contributed by atoms with Crippen molar-refractivity contribution in [2.75, 3.05) is 7.11 Å². The van der Waals surface area contributed by atoms with Crippen LogP contribution in [-0.2, 0) is 11.2 Å². The number of esters is 1. The number of carbonyl (C=O) groups excluding carboxylic acids is 2. The molecule has 3 rings (SSSR count). The first kappa shape index (κ1) is 13.0. The summed E-state index contributed by atoms with van der Waals surface area (Å²) in [6.45, 7) is 0. The molecule has 2 aromatic rings. The molecule has 1 aromatic carbocycles. The molecule has 4 nitrogen and oxygen atoms in total. The van der Waals surface area contributed by atoms with Crippen LogP contribution in [0.15, 0.2) is 23.6 Å². The van der Waals surface area contributed by atoms with Gasteiger partial charge < -0.3 is 4.74 Å². The van der Waals surface area contributed by atoms with E-state index in [0.717, 1.165) is 34.5 Å². The quantitative estimate of drug-likeness (QED) is 0.796. The lowest BCUT2D eigenvalue weighted by atomic mass is 9.89. The molecule has 1 aliphatic rings. The first-order chi connectivity index (χ1) is 9.69. The molecule has 0 N–H and O–H groups in total. The molecule has 0 amide bonds. The number of aromatic nitrogens is 1. The standard InChI is InChI=1S/C15H13NO3S/c1-19-15(18)12-8-20-14(16-12)10-6-5-9-3-2-4-13(17)11(9)7-10/h5-8H,2-4H2,1H3. The predicted molar refractivity (Wildman–Crippen MR) is 76.2 cm³/mol. The summed E-state index contributed by atoms with van der Waals surface area (Å²) in [5, 5.41) is 2.40. The first-order valence-electron chi connectivity index (χ1n) is 6.39. The maximum atomic E-state index is 11.9. The Morgan fingerprint density at radius 2 is 2.20 bits per heavy atom. The third-order valence-corrected chi connectivity index (χ3v) is 4.30. The van der Waals surface area contributed by atoms with Gasteiger partial charge in [0.15, 0.2) is 11.5 Å². The molecule has 0 radical (unpaired) electrons. The molecule has 0 saturated carbocycles. The number of ether oxygens (including phenoxy) is 1. The zero-order valence-electron chi connectivity index (χ0n) is 11.0. The molecule has 1 aliphatic carbocycles. The summed E-state index contributed by atoms with van der Waals surface area (Å²) in [4.78, 5) is 27.6. The molecule has 0 saturated heterocycles. The van der Waals surface area contributed by atoms with Crippen molar-refractivity contribution in [3.63, 3.8) is 0 Å². The molecular formula is C15H13NO3S. The molecular weight excluding hydrogens is 274 g/mol. The van der Waals surface area contributed by atoms with E-state index in [0.29, 0.717) is 12.1 Å². The Hall–Kier alpha value is -2.01. The number of benzene rings is 1. The highest BCUT2D eigenvalue weighted by Crippen LogP contribution is 2.29. The number of ketones is 1. The van der Waals surface area contributed by atoms with Crippen molar-refractivity contribution < 1.29 is 14.3 Å². The Bertz CT molecular complexity index is 690. The summed E-state index contributed by atoms with van der Waals surface area (Å²) < 4.78 is 4.64. The average molecular weight is 287 g/mol. The average Bonchev–Trinajstić information content (AvgIpc) is 2.96. The van der Waals surface area contributed by atoms with E-state index in [1.807, 2.05) is 18.2 Å². The van der Waals surface area contributed by atoms with Crippen molar-refractivity contribution in [3.05, 3.63) is 40.4 Å². The molecule has 0 unspecified atom stereocenters. The van der Waals surface area contributed by atoms with Gasteiger partial charge in [0.2, 0.25) is 0 Å². The van der Waals surface area contributed by atoms with Crippen molar-refractivity contribution in [1.82, 2.24) is 4.98 Å². The number of Topliss-reactive ketones (excluding diaryl/α,β-unsaturated/α-hetero) is 1. The number of nitrogens with zero attached hydrogens (tertiary/aromatic N) is 1. The summed E-state index contributed by atoms with van der Waals surface area (Å²) in [6, 6.07) is 5.83. The zero-order chi connectivity index (χ0) is 14.1. The van der Waals surface area contributed by atoms with E-state index in [2.05, 4.69) is 9.72 Å². The van der Waals surface area contributed by atoms with Gasteiger partial charge in [0.05, 0.1) is 7.11 Å². The Morgan fingerprint density at radius 3 is 3.00 bits per heavy atom. The number of rotatable bonds is 2. The Morgan fingerprint density at radius 1 is 1.35 bits per heavy atom. The predicted octanol–water partition coefficient (Wildman–Crippen LogP) is 3.12. The molecule has 102 valence electrons. The molecule has 1 aromatic heterocycles. The van der Waals surface area contributed by atoms with E-state index in [4.69, 9.17) is 0 Å². The highest BCUT2D eigenvalue weighted by Gasteiger charge is 2.19. The van der Waals surface area contributed by atoms with Gasteiger partial charge in [-0.05, 0) is 24.5 Å². The van der Waals surface area contributed by atoms with E-state index in [1.165, 1.54) is 18.4 Å². The fourth-order valence-electron chi connectivity index (χ4n) is 2.37. The molecule has 0 atom stereocenters. The smallest absolute Gasteiger partial charge is 0.357 e. The van der Waals surface area contributed by atoms with Crippen LogP contribution in [0, 0.1) is 0 Å². The topological polar surface area (TPSA) is 56.3 Å². The van der Waals surface area contributed by atoms with Gasteiger partial charge in [0.1, 0.15) is 5.01 Å². The van der Waals surface area contributed by atoms with E-state index in [-0.39, 0.29) is 5.78 Å². The van der Waals surface area contributed by atoms with Crippen LogP contribution >= 0.6 is 11.3 Å². The number of fused-ring (bicyclic) bond motifs is 1. The molecule has 0 aliphatic heterocycles. The second-order valence-electron chi connectivity index (χ2n) is 4.68. The monoisotopic (exact) mass is 287 g/mol. The van der Waals surface area contributed by atoms with Gasteiger partial charge >= 0.3 is 5.97 Å². The highest BCUT2D eigenvalue weighted by atomic mass is 32.1. The normalized spacial score (nSPS) is 13.9. The van der Waals surface area contributed by atoms with Crippen molar-refractivity contribution in [2.24, 2.45) is 0 Å². The van der Waals surface area contributed by atoms with Gasteiger partial charge in [-0.25, -0.2) is 9.78 Å². The van der Waals surface area contributed by atoms with Crippen LogP contribution < -0.4 is 0 Å². The fourth-order valence-corrected chi connectivity index (χ4v) is 3.15. The number of carbonyl (C=O) groups is 2. The summed E-state index contributed by atoms with van der Waals surface area (Å²) in [7, 11) is 1.33. The summed E-state index contributed by atoms with van der Waals surface area (Å²) in [6.07, 6.45) is 2.49. The zero-order valence-corrected chi connectivity index (χ0v) is 11.8. The fraction of sp³-hybridized carbons (Fsp3) is 0.267. The maximum absolute atomic E-state index is 11.9. The molecule has 0 fully saturated rings. The molecule has 20 heavy (non-hydrogen) atoms. The van der Waals surface area contributed by atoms with Gasteiger partial charge in [-0.15, -0.1) is 11.3 Å². The molecule has 0 spiro atoms. The van der Waals surface area contributed by atoms with Gasteiger partial charge in [0.25, 0.3) is 0 Å². The van der Waals surface area contributed by atoms with Crippen molar-refractivity contribution in [1.29, 1.82) is 0 Å². The van der Waals surface area contributed by atoms with E-state index >= 15 is 0 Å². The minimum absolute atomic E-state index is 0.192. The third-order valence-electron chi connectivity index (χ3n) is 3.41. The SMILES string of the molecule is COC(=O)c1csc(-c2ccc3c(c2)C(=O)CCC3)n1. The minimum Gasteiger partial charge on any atom is -0.464 e. The number of aryl methyl sites for hydroxylation is 1. The van der Waals surface area contributed by atoms with E-state index < -0.39 is 5.97 Å². The third kappa shape index (κ3) is 2.25. The van der Waals surface area contributed by atoms with Crippen LogP contribution in [0.25, 0.3) is 10.6 Å². The summed E-state index contributed by atoms with van der Waals surface area (Å²) in [5.74, 6) is -0.251. The number of methoxy groups -OCH3 is 1. The number of hydrogen-bond donors (Lipinski definition) is 0. The van der Waals surface area contributed by atoms with Gasteiger partial charge in [-0.2, -0.15) is 0 Å². The van der Waals surface area contributed by atoms with E-state index in [1.54, 1.807) is 5.38 Å². The lowest BCUT2D eigenvalue weighted by Gasteiger charge is -2.14. The largest absolute Gasteiger partial charge is 0.464 e. The van der Waals surface area contributed by atoms with Crippen molar-refractivity contribution in [2.45, 2.75) is 19.3 Å². The van der Waals surface area contributed by atoms with Crippen molar-refractivity contribution >= 4 is 23.1 Å². The Labute approximate surface area is 120 Å². The first-order valence-corrected chi connectivity index (χ1v) is 7.27. The van der Waals surface area contributed by atoms with Crippen LogP contribution in [0.4, 0.5) is 0 Å². The Balaban J connectivity index is 1.98. The van der Waals surface area contributed by atoms with Crippen LogP contribution in [0.1, 0.15) is 39.3 Å². The lowest BCUT2D eigenvalue weighted by molar-refractivity contribution is 0.0595. The van der Waals surface area contributed by atoms with Crippen molar-refractivity contribution in [3.8, 4) is 10.6 Å². The molecule has 0 bridgehead atoms. The Kier molecular flexibility index (Phi) is 3.36. The second-order valence-corrected chi connectivity index (χ2v) is 5.54. The highest BCUT2D eigenvalue weighted by molar-refractivity contribution is 7.13. The van der Waals surface area contributed by atoms with Gasteiger partial charge in [-0.1, -0.05) is 12.1 Å². The second kappa shape index (κ2) is 5.17. The summed E-state index contributed by atoms with van der Waals surface area (Å²) >= 11 is 1.37. The van der Waals surface area contributed by atoms with E-state index in [9.17, 15) is 9.59 Å². The molecule has 5 heteroatoms. The van der Waals surface area contributed by atoms with Crippen LogP contribution in [0.2, 0.25) is 0 Å². The van der Waals surface area contributed by atoms with Crippen LogP contribution in [0.5, 0.6) is 0 Å². The lowest BCUT2D eigenvalue weighted by Crippen LogP contribution is -2.10. The maximum Gasteiger partial charge on any atom is 0.357 e. The van der Waals surface area contributed by atoms with Crippen LogP contribution in [-0.4, -0.2) is 23.8 Å². The van der Waals surface area contributed by atoms with Crippen LogP contribution in [0.3, 0.4) is 0 Å².